The summed E-state index contributed by atoms with van der Waals surface area (Å²) in [6.45, 7) is 4.70. The number of aromatic nitrogens is 3. The van der Waals surface area contributed by atoms with Crippen molar-refractivity contribution in [3.05, 3.63) is 83.2 Å². The molecule has 0 bridgehead atoms. The van der Waals surface area contributed by atoms with E-state index in [9.17, 15) is 0 Å². The first-order valence-electron chi connectivity index (χ1n) is 8.23. The first-order valence-corrected chi connectivity index (χ1v) is 9.59. The number of allylic oxidation sites excluding steroid dienone is 1. The van der Waals surface area contributed by atoms with Gasteiger partial charge in [0.2, 0.25) is 0 Å². The van der Waals surface area contributed by atoms with Crippen LogP contribution in [0, 0.1) is 11.3 Å². The normalized spacial score (nSPS) is 10.4. The lowest BCUT2D eigenvalue weighted by atomic mass is 10.2. The van der Waals surface area contributed by atoms with Crippen molar-refractivity contribution in [2.75, 3.05) is 0 Å². The molecule has 0 fully saturated rings. The fourth-order valence-electron chi connectivity index (χ4n) is 2.40. The number of nitriles is 1. The molecule has 0 amide bonds. The number of ether oxygens (including phenoxy) is 1. The van der Waals surface area contributed by atoms with Crippen LogP contribution in [0.1, 0.15) is 17.0 Å². The van der Waals surface area contributed by atoms with Crippen LogP contribution < -0.4 is 4.74 Å². The van der Waals surface area contributed by atoms with Crippen molar-refractivity contribution in [1.29, 1.82) is 5.26 Å². The Morgan fingerprint density at radius 2 is 2.04 bits per heavy atom. The van der Waals surface area contributed by atoms with Gasteiger partial charge in [-0.25, -0.2) is 0 Å². The Kier molecular flexibility index (Phi) is 6.53. The fraction of sp³-hybridized carbons (Fsp3) is 0.150. The number of thioether (sulfide) groups is 1. The predicted octanol–water partition coefficient (Wildman–Crippen LogP) is 4.86. The molecule has 27 heavy (non-hydrogen) atoms. The second-order valence-electron chi connectivity index (χ2n) is 5.64. The first kappa shape index (κ1) is 19.0. The van der Waals surface area contributed by atoms with Gasteiger partial charge in [0.05, 0.1) is 11.6 Å². The molecule has 7 heteroatoms. The van der Waals surface area contributed by atoms with Crippen LogP contribution in [0.15, 0.2) is 66.3 Å². The molecule has 0 atom stereocenters. The van der Waals surface area contributed by atoms with Crippen LogP contribution in [-0.4, -0.2) is 14.8 Å². The lowest BCUT2D eigenvalue weighted by Gasteiger charge is -2.09. The highest BCUT2D eigenvalue weighted by molar-refractivity contribution is 7.98. The van der Waals surface area contributed by atoms with E-state index < -0.39 is 0 Å². The molecule has 0 saturated carbocycles. The predicted molar refractivity (Wildman–Crippen MR) is 107 cm³/mol. The highest BCUT2D eigenvalue weighted by atomic mass is 35.5. The van der Waals surface area contributed by atoms with Crippen molar-refractivity contribution in [1.82, 2.24) is 14.8 Å². The van der Waals surface area contributed by atoms with Crippen molar-refractivity contribution in [3.63, 3.8) is 0 Å². The molecule has 0 unspecified atom stereocenters. The Balaban J connectivity index is 1.69. The number of benzene rings is 2. The zero-order chi connectivity index (χ0) is 19.1. The van der Waals surface area contributed by atoms with Gasteiger partial charge in [-0.05, 0) is 42.0 Å². The summed E-state index contributed by atoms with van der Waals surface area (Å²) >= 11 is 7.45. The minimum absolute atomic E-state index is 0.299. The van der Waals surface area contributed by atoms with Gasteiger partial charge >= 0.3 is 0 Å². The summed E-state index contributed by atoms with van der Waals surface area (Å²) < 4.78 is 7.75. The van der Waals surface area contributed by atoms with E-state index >= 15 is 0 Å². The summed E-state index contributed by atoms with van der Waals surface area (Å²) in [5.74, 6) is 2.14. The molecule has 3 rings (SSSR count). The van der Waals surface area contributed by atoms with Crippen LogP contribution >= 0.6 is 23.4 Å². The summed E-state index contributed by atoms with van der Waals surface area (Å²) in [5.41, 5.74) is 1.71. The van der Waals surface area contributed by atoms with Gasteiger partial charge in [-0.3, -0.25) is 4.57 Å². The molecule has 2 aromatic carbocycles. The smallest absolute Gasteiger partial charge is 0.191 e. The molecule has 0 radical (unpaired) electrons. The van der Waals surface area contributed by atoms with Crippen LogP contribution in [-0.2, 0) is 18.9 Å². The van der Waals surface area contributed by atoms with Crippen molar-refractivity contribution in [3.8, 4) is 11.8 Å². The van der Waals surface area contributed by atoms with Crippen molar-refractivity contribution >= 4 is 23.4 Å². The summed E-state index contributed by atoms with van der Waals surface area (Å²) in [6, 6.07) is 16.9. The third-order valence-electron chi connectivity index (χ3n) is 3.71. The van der Waals surface area contributed by atoms with Gasteiger partial charge in [0.25, 0.3) is 0 Å². The molecule has 0 N–H and O–H groups in total. The molecule has 0 aliphatic rings. The average Bonchev–Trinajstić information content (AvgIpc) is 3.08. The zero-order valence-electron chi connectivity index (χ0n) is 14.5. The molecule has 1 aromatic heterocycles. The van der Waals surface area contributed by atoms with Crippen molar-refractivity contribution in [2.45, 2.75) is 24.1 Å². The Labute approximate surface area is 167 Å². The lowest BCUT2D eigenvalue weighted by Crippen LogP contribution is -2.07. The molecule has 0 saturated heterocycles. The number of rotatable bonds is 8. The maximum Gasteiger partial charge on any atom is 0.191 e. The standard InChI is InChI=1S/C20H17ClN4OS/c1-2-10-25-19(13-26-18-8-6-17(21)7-9-18)23-24-20(25)27-14-16-5-3-4-15(11-16)12-22/h2-9,11H,1,10,13-14H2. The van der Waals surface area contributed by atoms with E-state index in [1.165, 1.54) is 0 Å². The summed E-state index contributed by atoms with van der Waals surface area (Å²) in [6.07, 6.45) is 1.80. The Morgan fingerprint density at radius 3 is 2.78 bits per heavy atom. The van der Waals surface area contributed by atoms with Crippen LogP contribution in [0.3, 0.4) is 0 Å². The van der Waals surface area contributed by atoms with E-state index in [0.717, 1.165) is 22.3 Å². The molecule has 5 nitrogen and oxygen atoms in total. The summed E-state index contributed by atoms with van der Waals surface area (Å²) in [5, 5.41) is 19.0. The average molecular weight is 397 g/mol. The van der Waals surface area contributed by atoms with Crippen LogP contribution in [0.5, 0.6) is 5.75 Å². The van der Waals surface area contributed by atoms with Gasteiger partial charge < -0.3 is 4.74 Å². The van der Waals surface area contributed by atoms with Crippen molar-refractivity contribution < 1.29 is 4.74 Å². The highest BCUT2D eigenvalue weighted by Crippen LogP contribution is 2.23. The third kappa shape index (κ3) is 5.13. The minimum Gasteiger partial charge on any atom is -0.486 e. The molecule has 0 aliphatic carbocycles. The van der Waals surface area contributed by atoms with Gasteiger partial charge in [0.15, 0.2) is 11.0 Å². The third-order valence-corrected chi connectivity index (χ3v) is 5.00. The minimum atomic E-state index is 0.299. The second kappa shape index (κ2) is 9.26. The molecule has 0 spiro atoms. The second-order valence-corrected chi connectivity index (χ2v) is 7.02. The summed E-state index contributed by atoms with van der Waals surface area (Å²) in [7, 11) is 0. The molecule has 136 valence electrons. The van der Waals surface area contributed by atoms with Crippen LogP contribution in [0.2, 0.25) is 5.02 Å². The van der Waals surface area contributed by atoms with E-state index in [1.807, 2.05) is 34.9 Å². The monoisotopic (exact) mass is 396 g/mol. The van der Waals surface area contributed by atoms with Crippen LogP contribution in [0.25, 0.3) is 0 Å². The van der Waals surface area contributed by atoms with E-state index in [4.69, 9.17) is 21.6 Å². The SMILES string of the molecule is C=CCn1c(COc2ccc(Cl)cc2)nnc1SCc1cccc(C#N)c1. The number of halogens is 1. The van der Waals surface area contributed by atoms with E-state index in [1.54, 1.807) is 36.0 Å². The van der Waals surface area contributed by atoms with Gasteiger partial charge in [-0.2, -0.15) is 5.26 Å². The Morgan fingerprint density at radius 1 is 1.22 bits per heavy atom. The zero-order valence-corrected chi connectivity index (χ0v) is 16.1. The van der Waals surface area contributed by atoms with Gasteiger partial charge in [-0.1, -0.05) is 41.6 Å². The topological polar surface area (TPSA) is 63.7 Å². The number of nitrogens with zero attached hydrogens (tertiary/aromatic N) is 4. The molecular weight excluding hydrogens is 380 g/mol. The fourth-order valence-corrected chi connectivity index (χ4v) is 3.44. The Hall–Kier alpha value is -2.75. The highest BCUT2D eigenvalue weighted by Gasteiger charge is 2.13. The lowest BCUT2D eigenvalue weighted by molar-refractivity contribution is 0.289. The van der Waals surface area contributed by atoms with Crippen LogP contribution in [0.4, 0.5) is 0 Å². The number of hydrogen-bond acceptors (Lipinski definition) is 5. The van der Waals surface area contributed by atoms with Gasteiger partial charge in [0, 0.05) is 17.3 Å². The molecule has 0 aliphatic heterocycles. The Bertz CT molecular complexity index is 963. The quantitative estimate of drug-likeness (QED) is 0.402. The molecular formula is C20H17ClN4OS. The first-order chi connectivity index (χ1) is 13.2. The van der Waals surface area contributed by atoms with E-state index in [-0.39, 0.29) is 0 Å². The van der Waals surface area contributed by atoms with Crippen molar-refractivity contribution in [2.24, 2.45) is 0 Å². The summed E-state index contributed by atoms with van der Waals surface area (Å²) in [4.78, 5) is 0. The largest absolute Gasteiger partial charge is 0.486 e. The van der Waals surface area contributed by atoms with E-state index in [2.05, 4.69) is 22.8 Å². The molecule has 1 heterocycles. The maximum absolute atomic E-state index is 9.02. The van der Waals surface area contributed by atoms with Gasteiger partial charge in [-0.15, -0.1) is 16.8 Å². The van der Waals surface area contributed by atoms with E-state index in [0.29, 0.717) is 29.5 Å². The van der Waals surface area contributed by atoms with Gasteiger partial charge in [0.1, 0.15) is 12.4 Å². The number of hydrogen-bond donors (Lipinski definition) is 0. The molecule has 3 aromatic rings. The maximum atomic E-state index is 9.02.